The molecule has 0 radical (unpaired) electrons. The topological polar surface area (TPSA) is 70.3 Å². The number of carboxylic acids is 1. The minimum Gasteiger partial charge on any atom is -0.481 e. The van der Waals surface area contributed by atoms with Gasteiger partial charge in [-0.3, -0.25) is 4.79 Å². The highest BCUT2D eigenvalue weighted by atomic mass is 79.9. The summed E-state index contributed by atoms with van der Waals surface area (Å²) < 4.78 is 19.8. The molecule has 0 bridgehead atoms. The Morgan fingerprint density at radius 1 is 1.32 bits per heavy atom. The van der Waals surface area contributed by atoms with Gasteiger partial charge < -0.3 is 9.84 Å². The number of rotatable bonds is 5. The van der Waals surface area contributed by atoms with E-state index in [1.165, 1.54) is 12.1 Å². The number of ether oxygens (including phenoxy) is 1. The third-order valence-electron chi connectivity index (χ3n) is 2.86. The molecule has 0 atom stereocenters. The fourth-order valence-corrected chi connectivity index (χ4v) is 2.31. The SMILES string of the molecule is N#Cc1cc(F)cc(Oc2ccc(Br)cc2CCC(=O)O)c1. The summed E-state index contributed by atoms with van der Waals surface area (Å²) in [7, 11) is 0. The van der Waals surface area contributed by atoms with Crippen molar-refractivity contribution in [2.24, 2.45) is 0 Å². The van der Waals surface area contributed by atoms with E-state index in [4.69, 9.17) is 15.1 Å². The average Bonchev–Trinajstić information content (AvgIpc) is 2.46. The van der Waals surface area contributed by atoms with Gasteiger partial charge in [-0.1, -0.05) is 15.9 Å². The standard InChI is InChI=1S/C16H11BrFNO3/c17-12-2-3-15(11(7-12)1-4-16(20)21)22-14-6-10(9-19)5-13(18)8-14/h2-3,5-8H,1,4H2,(H,20,21). The van der Waals surface area contributed by atoms with Crippen LogP contribution in [0.3, 0.4) is 0 Å². The van der Waals surface area contributed by atoms with Crippen LogP contribution >= 0.6 is 15.9 Å². The predicted molar refractivity (Wildman–Crippen MR) is 81.3 cm³/mol. The lowest BCUT2D eigenvalue weighted by atomic mass is 10.1. The van der Waals surface area contributed by atoms with E-state index < -0.39 is 11.8 Å². The molecule has 0 aliphatic heterocycles. The first-order valence-electron chi connectivity index (χ1n) is 6.36. The molecule has 112 valence electrons. The molecule has 2 rings (SSSR count). The lowest BCUT2D eigenvalue weighted by molar-refractivity contribution is -0.136. The Hall–Kier alpha value is -2.39. The number of carbonyl (C=O) groups is 1. The zero-order valence-corrected chi connectivity index (χ0v) is 12.9. The number of aryl methyl sites for hydroxylation is 1. The summed E-state index contributed by atoms with van der Waals surface area (Å²) in [6.07, 6.45) is 0.240. The van der Waals surface area contributed by atoms with Gasteiger partial charge in [0.1, 0.15) is 17.3 Å². The quantitative estimate of drug-likeness (QED) is 0.860. The van der Waals surface area contributed by atoms with Crippen LogP contribution in [0.15, 0.2) is 40.9 Å². The first-order valence-corrected chi connectivity index (χ1v) is 7.16. The predicted octanol–water partition coefficient (Wildman–Crippen LogP) is 4.27. The fourth-order valence-electron chi connectivity index (χ4n) is 1.90. The van der Waals surface area contributed by atoms with Crippen molar-refractivity contribution in [3.05, 3.63) is 57.8 Å². The van der Waals surface area contributed by atoms with Gasteiger partial charge in [0, 0.05) is 17.0 Å². The minimum atomic E-state index is -0.913. The molecule has 0 unspecified atom stereocenters. The van der Waals surface area contributed by atoms with Gasteiger partial charge in [-0.2, -0.15) is 5.26 Å². The first kappa shape index (κ1) is 16.0. The van der Waals surface area contributed by atoms with Crippen molar-refractivity contribution in [1.29, 1.82) is 5.26 Å². The summed E-state index contributed by atoms with van der Waals surface area (Å²) in [5.74, 6) is -0.865. The maximum atomic E-state index is 13.4. The normalized spacial score (nSPS) is 10.0. The van der Waals surface area contributed by atoms with Gasteiger partial charge in [-0.05, 0) is 42.3 Å². The highest BCUT2D eigenvalue weighted by Crippen LogP contribution is 2.30. The van der Waals surface area contributed by atoms with Crippen LogP contribution in [0.1, 0.15) is 17.5 Å². The first-order chi connectivity index (χ1) is 10.5. The van der Waals surface area contributed by atoms with Gasteiger partial charge >= 0.3 is 5.97 Å². The van der Waals surface area contributed by atoms with E-state index in [-0.39, 0.29) is 24.2 Å². The molecular formula is C16H11BrFNO3. The Labute approximate surface area is 134 Å². The second-order valence-corrected chi connectivity index (χ2v) is 5.45. The van der Waals surface area contributed by atoms with Crippen molar-refractivity contribution in [2.45, 2.75) is 12.8 Å². The zero-order valence-electron chi connectivity index (χ0n) is 11.3. The van der Waals surface area contributed by atoms with E-state index >= 15 is 0 Å². The largest absolute Gasteiger partial charge is 0.481 e. The molecular weight excluding hydrogens is 353 g/mol. The maximum Gasteiger partial charge on any atom is 0.303 e. The van der Waals surface area contributed by atoms with Crippen LogP contribution in [0.5, 0.6) is 11.5 Å². The minimum absolute atomic E-state index is 0.0423. The molecule has 2 aromatic carbocycles. The van der Waals surface area contributed by atoms with Gasteiger partial charge in [0.15, 0.2) is 0 Å². The third kappa shape index (κ3) is 4.30. The van der Waals surface area contributed by atoms with E-state index in [2.05, 4.69) is 15.9 Å². The molecule has 0 fully saturated rings. The van der Waals surface area contributed by atoms with Crippen molar-refractivity contribution in [1.82, 2.24) is 0 Å². The smallest absolute Gasteiger partial charge is 0.303 e. The lowest BCUT2D eigenvalue weighted by Gasteiger charge is -2.11. The summed E-state index contributed by atoms with van der Waals surface area (Å²) >= 11 is 3.32. The molecule has 22 heavy (non-hydrogen) atoms. The van der Waals surface area contributed by atoms with Gasteiger partial charge in [0.2, 0.25) is 0 Å². The van der Waals surface area contributed by atoms with Gasteiger partial charge in [-0.15, -0.1) is 0 Å². The summed E-state index contributed by atoms with van der Waals surface area (Å²) in [4.78, 5) is 10.7. The van der Waals surface area contributed by atoms with E-state index in [0.29, 0.717) is 11.3 Å². The number of nitriles is 1. The second-order valence-electron chi connectivity index (χ2n) is 4.54. The molecule has 0 aliphatic carbocycles. The highest BCUT2D eigenvalue weighted by Gasteiger charge is 2.10. The van der Waals surface area contributed by atoms with Gasteiger partial charge in [0.25, 0.3) is 0 Å². The summed E-state index contributed by atoms with van der Waals surface area (Å²) in [6.45, 7) is 0. The van der Waals surface area contributed by atoms with Gasteiger partial charge in [0.05, 0.1) is 11.6 Å². The van der Waals surface area contributed by atoms with E-state index in [1.54, 1.807) is 18.2 Å². The molecule has 0 saturated heterocycles. The van der Waals surface area contributed by atoms with Crippen molar-refractivity contribution < 1.29 is 19.0 Å². The summed E-state index contributed by atoms with van der Waals surface area (Å²) in [5, 5.41) is 17.6. The molecule has 0 spiro atoms. The van der Waals surface area contributed by atoms with Crippen LogP contribution in [-0.2, 0) is 11.2 Å². The monoisotopic (exact) mass is 363 g/mol. The zero-order chi connectivity index (χ0) is 16.1. The van der Waals surface area contributed by atoms with Crippen LogP contribution in [0.2, 0.25) is 0 Å². The Balaban J connectivity index is 2.31. The van der Waals surface area contributed by atoms with Crippen LogP contribution in [0.4, 0.5) is 4.39 Å². The number of aliphatic carboxylic acids is 1. The van der Waals surface area contributed by atoms with Crippen LogP contribution in [0.25, 0.3) is 0 Å². The number of hydrogen-bond acceptors (Lipinski definition) is 3. The van der Waals surface area contributed by atoms with Crippen LogP contribution < -0.4 is 4.74 Å². The van der Waals surface area contributed by atoms with Crippen molar-refractivity contribution in [2.75, 3.05) is 0 Å². The number of halogens is 2. The van der Waals surface area contributed by atoms with Crippen molar-refractivity contribution in [3.8, 4) is 17.6 Å². The van der Waals surface area contributed by atoms with Gasteiger partial charge in [-0.25, -0.2) is 4.39 Å². The van der Waals surface area contributed by atoms with E-state index in [0.717, 1.165) is 10.5 Å². The molecule has 0 saturated carbocycles. The van der Waals surface area contributed by atoms with E-state index in [1.807, 2.05) is 6.07 Å². The molecule has 2 aromatic rings. The number of carboxylic acid groups (broad SMARTS) is 1. The van der Waals surface area contributed by atoms with Crippen LogP contribution in [-0.4, -0.2) is 11.1 Å². The molecule has 1 N–H and O–H groups in total. The molecule has 4 nitrogen and oxygen atoms in total. The Bertz CT molecular complexity index is 756. The maximum absolute atomic E-state index is 13.4. The Morgan fingerprint density at radius 2 is 2.09 bits per heavy atom. The lowest BCUT2D eigenvalue weighted by Crippen LogP contribution is -1.99. The number of hydrogen-bond donors (Lipinski definition) is 1. The summed E-state index contributed by atoms with van der Waals surface area (Å²) in [6, 6.07) is 10.7. The molecule has 0 aromatic heterocycles. The molecule has 6 heteroatoms. The van der Waals surface area contributed by atoms with Crippen LogP contribution in [0, 0.1) is 17.1 Å². The highest BCUT2D eigenvalue weighted by molar-refractivity contribution is 9.10. The van der Waals surface area contributed by atoms with E-state index in [9.17, 15) is 9.18 Å². The summed E-state index contributed by atoms with van der Waals surface area (Å²) in [5.41, 5.74) is 0.832. The van der Waals surface area contributed by atoms with Crippen molar-refractivity contribution in [3.63, 3.8) is 0 Å². The third-order valence-corrected chi connectivity index (χ3v) is 3.35. The Kier molecular flexibility index (Phi) is 5.12. The Morgan fingerprint density at radius 3 is 2.77 bits per heavy atom. The number of benzene rings is 2. The van der Waals surface area contributed by atoms with Crippen molar-refractivity contribution >= 4 is 21.9 Å². The number of nitrogens with zero attached hydrogens (tertiary/aromatic N) is 1. The average molecular weight is 364 g/mol. The second kappa shape index (κ2) is 7.05. The molecule has 0 aliphatic rings. The fraction of sp³-hybridized carbons (Fsp3) is 0.125. The molecule has 0 heterocycles. The molecule has 0 amide bonds.